The van der Waals surface area contributed by atoms with Crippen LogP contribution >= 0.6 is 0 Å². The van der Waals surface area contributed by atoms with E-state index in [0.29, 0.717) is 0 Å². The molecule has 6 heteroatoms. The minimum atomic E-state index is 0.206. The van der Waals surface area contributed by atoms with Crippen molar-refractivity contribution in [2.45, 2.75) is 33.4 Å². The second-order valence-corrected chi connectivity index (χ2v) is 5.34. The van der Waals surface area contributed by atoms with Crippen molar-refractivity contribution in [3.8, 4) is 5.69 Å². The highest BCUT2D eigenvalue weighted by Crippen LogP contribution is 2.18. The van der Waals surface area contributed by atoms with Gasteiger partial charge in [-0.1, -0.05) is 17.3 Å². The standard InChI is InChI=1S/C16H19N5O/c1-11(18-8-16-12(2)20-22-13(16)3)14-5-4-6-15(7-14)21-10-17-9-19-21/h4-7,9-11,18H,8H2,1-3H3/t11-/m1/s1. The van der Waals surface area contributed by atoms with Gasteiger partial charge in [0, 0.05) is 18.2 Å². The van der Waals surface area contributed by atoms with E-state index in [2.05, 4.69) is 39.6 Å². The minimum absolute atomic E-state index is 0.206. The van der Waals surface area contributed by atoms with Gasteiger partial charge in [-0.15, -0.1) is 0 Å². The molecule has 0 saturated heterocycles. The maximum Gasteiger partial charge on any atom is 0.138 e. The van der Waals surface area contributed by atoms with E-state index in [1.54, 1.807) is 11.0 Å². The molecule has 0 aliphatic carbocycles. The molecule has 0 amide bonds. The van der Waals surface area contributed by atoms with Gasteiger partial charge in [-0.3, -0.25) is 0 Å². The summed E-state index contributed by atoms with van der Waals surface area (Å²) in [7, 11) is 0. The van der Waals surface area contributed by atoms with Gasteiger partial charge in [0.05, 0.1) is 11.4 Å². The van der Waals surface area contributed by atoms with Crippen LogP contribution in [-0.4, -0.2) is 19.9 Å². The molecule has 2 aromatic heterocycles. The van der Waals surface area contributed by atoms with Gasteiger partial charge in [-0.05, 0) is 38.5 Å². The van der Waals surface area contributed by atoms with Gasteiger partial charge >= 0.3 is 0 Å². The third-order valence-electron chi connectivity index (χ3n) is 3.82. The molecule has 1 aromatic carbocycles. The lowest BCUT2D eigenvalue weighted by Crippen LogP contribution is -2.19. The second kappa shape index (κ2) is 6.11. The number of aryl methyl sites for hydroxylation is 2. The average molecular weight is 297 g/mol. The first-order valence-corrected chi connectivity index (χ1v) is 7.25. The molecule has 0 radical (unpaired) electrons. The van der Waals surface area contributed by atoms with Crippen LogP contribution in [-0.2, 0) is 6.54 Å². The van der Waals surface area contributed by atoms with Crippen LogP contribution in [0.3, 0.4) is 0 Å². The number of nitrogens with one attached hydrogen (secondary N) is 1. The topological polar surface area (TPSA) is 68.8 Å². The maximum atomic E-state index is 5.19. The first-order valence-electron chi connectivity index (χ1n) is 7.25. The zero-order valence-electron chi connectivity index (χ0n) is 12.9. The largest absolute Gasteiger partial charge is 0.361 e. The molecular weight excluding hydrogens is 278 g/mol. The second-order valence-electron chi connectivity index (χ2n) is 5.34. The molecule has 0 aliphatic rings. The van der Waals surface area contributed by atoms with Crippen LogP contribution in [0.5, 0.6) is 0 Å². The molecule has 0 fully saturated rings. The van der Waals surface area contributed by atoms with Crippen molar-refractivity contribution in [3.63, 3.8) is 0 Å². The summed E-state index contributed by atoms with van der Waals surface area (Å²) in [4.78, 5) is 3.98. The molecule has 2 heterocycles. The molecule has 0 spiro atoms. The third kappa shape index (κ3) is 2.92. The van der Waals surface area contributed by atoms with Crippen LogP contribution < -0.4 is 5.32 Å². The van der Waals surface area contributed by atoms with Crippen LogP contribution in [0.15, 0.2) is 41.4 Å². The predicted octanol–water partition coefficient (Wildman–Crippen LogP) is 2.72. The van der Waals surface area contributed by atoms with Crippen molar-refractivity contribution in [2.24, 2.45) is 0 Å². The van der Waals surface area contributed by atoms with Gasteiger partial charge in [-0.2, -0.15) is 5.10 Å². The Bertz CT molecular complexity index is 728. The van der Waals surface area contributed by atoms with Crippen LogP contribution in [0.25, 0.3) is 5.69 Å². The first-order chi connectivity index (χ1) is 10.6. The SMILES string of the molecule is Cc1noc(C)c1CN[C@H](C)c1cccc(-n2cncn2)c1. The number of benzene rings is 1. The van der Waals surface area contributed by atoms with Gasteiger partial charge < -0.3 is 9.84 Å². The van der Waals surface area contributed by atoms with E-state index >= 15 is 0 Å². The van der Waals surface area contributed by atoms with Crippen molar-refractivity contribution < 1.29 is 4.52 Å². The lowest BCUT2D eigenvalue weighted by atomic mass is 10.1. The van der Waals surface area contributed by atoms with E-state index in [-0.39, 0.29) is 6.04 Å². The molecular formula is C16H19N5O. The van der Waals surface area contributed by atoms with E-state index in [9.17, 15) is 0 Å². The maximum absolute atomic E-state index is 5.19. The summed E-state index contributed by atoms with van der Waals surface area (Å²) in [6.07, 6.45) is 3.23. The number of nitrogens with zero attached hydrogens (tertiary/aromatic N) is 4. The fourth-order valence-corrected chi connectivity index (χ4v) is 2.41. The van der Waals surface area contributed by atoms with Gasteiger partial charge in [0.1, 0.15) is 18.4 Å². The third-order valence-corrected chi connectivity index (χ3v) is 3.82. The van der Waals surface area contributed by atoms with Crippen molar-refractivity contribution >= 4 is 0 Å². The van der Waals surface area contributed by atoms with Gasteiger partial charge in [0.15, 0.2) is 0 Å². The fourth-order valence-electron chi connectivity index (χ4n) is 2.41. The Hall–Kier alpha value is -2.47. The van der Waals surface area contributed by atoms with Gasteiger partial charge in [0.2, 0.25) is 0 Å². The Morgan fingerprint density at radius 1 is 1.32 bits per heavy atom. The number of hydrogen-bond donors (Lipinski definition) is 1. The Morgan fingerprint density at radius 2 is 2.18 bits per heavy atom. The van der Waals surface area contributed by atoms with E-state index in [1.807, 2.05) is 26.0 Å². The number of aromatic nitrogens is 4. The lowest BCUT2D eigenvalue weighted by molar-refractivity contribution is 0.391. The molecule has 3 aromatic rings. The predicted molar refractivity (Wildman–Crippen MR) is 82.6 cm³/mol. The quantitative estimate of drug-likeness (QED) is 0.784. The normalized spacial score (nSPS) is 12.5. The summed E-state index contributed by atoms with van der Waals surface area (Å²) in [6.45, 7) is 6.77. The Kier molecular flexibility index (Phi) is 4.02. The summed E-state index contributed by atoms with van der Waals surface area (Å²) < 4.78 is 6.95. The molecule has 0 aliphatic heterocycles. The molecule has 6 nitrogen and oxygen atoms in total. The zero-order valence-corrected chi connectivity index (χ0v) is 12.9. The molecule has 22 heavy (non-hydrogen) atoms. The van der Waals surface area contributed by atoms with Crippen LogP contribution in [0.2, 0.25) is 0 Å². The molecule has 0 bridgehead atoms. The average Bonchev–Trinajstić information content (AvgIpc) is 3.16. The summed E-state index contributed by atoms with van der Waals surface area (Å²) in [6, 6.07) is 8.46. The Morgan fingerprint density at radius 3 is 2.86 bits per heavy atom. The van der Waals surface area contributed by atoms with Crippen molar-refractivity contribution in [2.75, 3.05) is 0 Å². The van der Waals surface area contributed by atoms with E-state index in [4.69, 9.17) is 4.52 Å². The molecule has 3 rings (SSSR count). The smallest absolute Gasteiger partial charge is 0.138 e. The minimum Gasteiger partial charge on any atom is -0.361 e. The van der Waals surface area contributed by atoms with Gasteiger partial charge in [-0.25, -0.2) is 9.67 Å². The van der Waals surface area contributed by atoms with E-state index in [1.165, 1.54) is 11.9 Å². The van der Waals surface area contributed by atoms with Gasteiger partial charge in [0.25, 0.3) is 0 Å². The molecule has 0 unspecified atom stereocenters. The van der Waals surface area contributed by atoms with Crippen molar-refractivity contribution in [1.82, 2.24) is 25.2 Å². The summed E-state index contributed by atoms with van der Waals surface area (Å²) in [5, 5.41) is 11.7. The molecule has 1 atom stereocenters. The zero-order chi connectivity index (χ0) is 15.5. The number of rotatable bonds is 5. The van der Waals surface area contributed by atoms with Crippen molar-refractivity contribution in [1.29, 1.82) is 0 Å². The monoisotopic (exact) mass is 297 g/mol. The van der Waals surface area contributed by atoms with Crippen LogP contribution in [0.1, 0.15) is 35.5 Å². The van der Waals surface area contributed by atoms with Crippen LogP contribution in [0, 0.1) is 13.8 Å². The Labute approximate surface area is 129 Å². The lowest BCUT2D eigenvalue weighted by Gasteiger charge is -2.15. The fraction of sp³-hybridized carbons (Fsp3) is 0.312. The molecule has 0 saturated carbocycles. The summed E-state index contributed by atoms with van der Waals surface area (Å²) in [5.74, 6) is 0.869. The van der Waals surface area contributed by atoms with E-state index in [0.717, 1.165) is 29.2 Å². The van der Waals surface area contributed by atoms with Crippen LogP contribution in [0.4, 0.5) is 0 Å². The highest BCUT2D eigenvalue weighted by molar-refractivity contribution is 5.36. The highest BCUT2D eigenvalue weighted by Gasteiger charge is 2.11. The summed E-state index contributed by atoms with van der Waals surface area (Å²) >= 11 is 0. The summed E-state index contributed by atoms with van der Waals surface area (Å²) in [5.41, 5.74) is 4.26. The molecule has 1 N–H and O–H groups in total. The van der Waals surface area contributed by atoms with E-state index < -0.39 is 0 Å². The molecule has 114 valence electrons. The van der Waals surface area contributed by atoms with Crippen molar-refractivity contribution in [3.05, 3.63) is 59.5 Å². The highest BCUT2D eigenvalue weighted by atomic mass is 16.5. The number of hydrogen-bond acceptors (Lipinski definition) is 5. The first kappa shape index (κ1) is 14.5. The Balaban J connectivity index is 1.73.